The molecule has 0 bridgehead atoms. The molecule has 1 aliphatic heterocycles. The number of hydrogen-bond donors (Lipinski definition) is 3. The summed E-state index contributed by atoms with van der Waals surface area (Å²) < 4.78 is 37.8. The smallest absolute Gasteiger partial charge is 0.427 e. The van der Waals surface area contributed by atoms with Gasteiger partial charge in [0.05, 0.1) is 5.56 Å². The maximum atomic E-state index is 12.6. The molecule has 1 unspecified atom stereocenters. The molecule has 4 nitrogen and oxygen atoms in total. The first-order valence-corrected chi connectivity index (χ1v) is 10.3. The number of piperidine rings is 1. The summed E-state index contributed by atoms with van der Waals surface area (Å²) in [6.07, 6.45) is 2.63. The van der Waals surface area contributed by atoms with Gasteiger partial charge in [-0.25, -0.2) is 0 Å². The second-order valence-electron chi connectivity index (χ2n) is 7.91. The summed E-state index contributed by atoms with van der Waals surface area (Å²) in [7, 11) is -1.22. The summed E-state index contributed by atoms with van der Waals surface area (Å²) in [5.41, 5.74) is 6.65. The van der Waals surface area contributed by atoms with Crippen LogP contribution in [-0.4, -0.2) is 47.7 Å². The second kappa shape index (κ2) is 11.2. The predicted molar refractivity (Wildman–Crippen MR) is 106 cm³/mol. The van der Waals surface area contributed by atoms with Crippen molar-refractivity contribution in [1.29, 1.82) is 0 Å². The Morgan fingerprint density at radius 1 is 1.07 bits per heavy atom. The topological polar surface area (TPSA) is 69.7 Å². The predicted octanol–water partition coefficient (Wildman–Crippen LogP) is 3.32. The number of nitrogens with zero attached hydrogens (tertiary/aromatic N) is 1. The number of hydrogen-bond acceptors (Lipinski definition) is 4. The van der Waals surface area contributed by atoms with Gasteiger partial charge in [0.15, 0.2) is 0 Å². The van der Waals surface area contributed by atoms with E-state index in [1.165, 1.54) is 0 Å². The molecule has 0 amide bonds. The SMILES string of the molecule is NC(CCCCB(O)O)C1CCN(CCCc2ccc(C(F)(F)F)cc2)CC1. The zero-order valence-electron chi connectivity index (χ0n) is 16.4. The summed E-state index contributed by atoms with van der Waals surface area (Å²) in [5, 5.41) is 17.7. The van der Waals surface area contributed by atoms with Crippen LogP contribution in [0.5, 0.6) is 0 Å². The Balaban J connectivity index is 1.61. The fourth-order valence-corrected chi connectivity index (χ4v) is 3.91. The van der Waals surface area contributed by atoms with Crippen molar-refractivity contribution in [3.05, 3.63) is 35.4 Å². The van der Waals surface area contributed by atoms with E-state index >= 15 is 0 Å². The van der Waals surface area contributed by atoms with E-state index < -0.39 is 18.9 Å². The molecule has 1 fully saturated rings. The lowest BCUT2D eigenvalue weighted by molar-refractivity contribution is -0.137. The lowest BCUT2D eigenvalue weighted by atomic mass is 9.82. The Morgan fingerprint density at radius 2 is 1.71 bits per heavy atom. The molecule has 0 aromatic heterocycles. The van der Waals surface area contributed by atoms with Gasteiger partial charge < -0.3 is 20.7 Å². The Morgan fingerprint density at radius 3 is 2.29 bits per heavy atom. The largest absolute Gasteiger partial charge is 0.451 e. The summed E-state index contributed by atoms with van der Waals surface area (Å²) in [6, 6.07) is 5.63. The van der Waals surface area contributed by atoms with E-state index in [0.717, 1.165) is 82.3 Å². The van der Waals surface area contributed by atoms with Crippen LogP contribution in [0.1, 0.15) is 49.7 Å². The van der Waals surface area contributed by atoms with Crippen LogP contribution in [0.3, 0.4) is 0 Å². The molecule has 1 atom stereocenters. The van der Waals surface area contributed by atoms with Crippen LogP contribution in [0, 0.1) is 5.92 Å². The average Bonchev–Trinajstić information content (AvgIpc) is 2.65. The van der Waals surface area contributed by atoms with Gasteiger partial charge >= 0.3 is 13.3 Å². The number of likely N-dealkylation sites (tertiary alicyclic amines) is 1. The van der Waals surface area contributed by atoms with Crippen molar-refractivity contribution < 1.29 is 23.2 Å². The van der Waals surface area contributed by atoms with Gasteiger partial charge in [0.2, 0.25) is 0 Å². The number of unbranched alkanes of at least 4 members (excludes halogenated alkanes) is 1. The molecule has 2 rings (SSSR count). The fourth-order valence-electron chi connectivity index (χ4n) is 3.91. The Labute approximate surface area is 166 Å². The first-order valence-electron chi connectivity index (χ1n) is 10.3. The third kappa shape index (κ3) is 8.11. The molecular formula is C20H32BF3N2O2. The second-order valence-corrected chi connectivity index (χ2v) is 7.91. The van der Waals surface area contributed by atoms with Crippen molar-refractivity contribution in [3.63, 3.8) is 0 Å². The van der Waals surface area contributed by atoms with Gasteiger partial charge in [-0.05, 0) is 81.7 Å². The van der Waals surface area contributed by atoms with Crippen LogP contribution in [0.15, 0.2) is 24.3 Å². The summed E-state index contributed by atoms with van der Waals surface area (Å²) in [4.78, 5) is 2.41. The first-order chi connectivity index (χ1) is 13.3. The average molecular weight is 400 g/mol. The lowest BCUT2D eigenvalue weighted by Crippen LogP contribution is -2.41. The molecular weight excluding hydrogens is 368 g/mol. The molecule has 0 saturated carbocycles. The Kier molecular flexibility index (Phi) is 9.27. The standard InChI is InChI=1S/C20H32BF3N2O2/c22-20(23,24)18-8-6-16(7-9-18)4-3-13-26-14-10-17(11-15-26)19(25)5-1-2-12-21(27)28/h6-9,17,19,27-28H,1-5,10-15,25H2. The highest BCUT2D eigenvalue weighted by Gasteiger charge is 2.30. The minimum atomic E-state index is -4.27. The maximum Gasteiger partial charge on any atom is 0.451 e. The number of halogens is 3. The third-order valence-electron chi connectivity index (χ3n) is 5.71. The monoisotopic (exact) mass is 400 g/mol. The lowest BCUT2D eigenvalue weighted by Gasteiger charge is -2.34. The quantitative estimate of drug-likeness (QED) is 0.416. The highest BCUT2D eigenvalue weighted by molar-refractivity contribution is 6.40. The minimum absolute atomic E-state index is 0.171. The van der Waals surface area contributed by atoms with Gasteiger partial charge in [-0.1, -0.05) is 25.0 Å². The van der Waals surface area contributed by atoms with Crippen LogP contribution in [0.4, 0.5) is 13.2 Å². The van der Waals surface area contributed by atoms with E-state index in [1.54, 1.807) is 12.1 Å². The van der Waals surface area contributed by atoms with Crippen molar-refractivity contribution in [3.8, 4) is 0 Å². The molecule has 4 N–H and O–H groups in total. The zero-order chi connectivity index (χ0) is 20.6. The summed E-state index contributed by atoms with van der Waals surface area (Å²) >= 11 is 0. The molecule has 1 heterocycles. The van der Waals surface area contributed by atoms with E-state index in [2.05, 4.69) is 4.90 Å². The van der Waals surface area contributed by atoms with Crippen molar-refractivity contribution in [2.75, 3.05) is 19.6 Å². The zero-order valence-corrected chi connectivity index (χ0v) is 16.4. The van der Waals surface area contributed by atoms with Gasteiger partial charge in [0, 0.05) is 6.04 Å². The minimum Gasteiger partial charge on any atom is -0.427 e. The molecule has 0 radical (unpaired) electrons. The van der Waals surface area contributed by atoms with Crippen LogP contribution < -0.4 is 5.73 Å². The maximum absolute atomic E-state index is 12.6. The van der Waals surface area contributed by atoms with Crippen molar-refractivity contribution in [2.45, 2.75) is 63.5 Å². The third-order valence-corrected chi connectivity index (χ3v) is 5.71. The van der Waals surface area contributed by atoms with Gasteiger partial charge in [0.25, 0.3) is 0 Å². The van der Waals surface area contributed by atoms with Crippen molar-refractivity contribution in [2.24, 2.45) is 11.7 Å². The number of nitrogens with two attached hydrogens (primary N) is 1. The van der Waals surface area contributed by atoms with Gasteiger partial charge in [-0.2, -0.15) is 13.2 Å². The summed E-state index contributed by atoms with van der Waals surface area (Å²) in [6.45, 7) is 2.98. The number of rotatable bonds is 10. The normalized spacial score (nSPS) is 17.6. The molecule has 1 aromatic rings. The molecule has 1 aliphatic rings. The van der Waals surface area contributed by atoms with Gasteiger partial charge in [0.1, 0.15) is 0 Å². The van der Waals surface area contributed by atoms with E-state index in [1.807, 2.05) is 0 Å². The fraction of sp³-hybridized carbons (Fsp3) is 0.700. The van der Waals surface area contributed by atoms with Crippen molar-refractivity contribution in [1.82, 2.24) is 4.90 Å². The van der Waals surface area contributed by atoms with E-state index in [0.29, 0.717) is 12.2 Å². The number of aryl methyl sites for hydroxylation is 1. The highest BCUT2D eigenvalue weighted by Crippen LogP contribution is 2.29. The van der Waals surface area contributed by atoms with Crippen LogP contribution in [-0.2, 0) is 12.6 Å². The van der Waals surface area contributed by atoms with Crippen molar-refractivity contribution >= 4 is 7.12 Å². The van der Waals surface area contributed by atoms with Crippen LogP contribution in [0.2, 0.25) is 6.32 Å². The molecule has 8 heteroatoms. The van der Waals surface area contributed by atoms with Crippen LogP contribution in [0.25, 0.3) is 0 Å². The van der Waals surface area contributed by atoms with Crippen LogP contribution >= 0.6 is 0 Å². The van der Waals surface area contributed by atoms with E-state index in [-0.39, 0.29) is 6.04 Å². The number of alkyl halides is 3. The molecule has 0 aliphatic carbocycles. The Hall–Kier alpha value is -1.09. The molecule has 0 spiro atoms. The van der Waals surface area contributed by atoms with E-state index in [4.69, 9.17) is 15.8 Å². The van der Waals surface area contributed by atoms with Gasteiger partial charge in [-0.15, -0.1) is 0 Å². The Bertz CT molecular complexity index is 562. The molecule has 1 aromatic carbocycles. The first kappa shape index (κ1) is 23.2. The number of benzene rings is 1. The highest BCUT2D eigenvalue weighted by atomic mass is 19.4. The molecule has 28 heavy (non-hydrogen) atoms. The van der Waals surface area contributed by atoms with E-state index in [9.17, 15) is 13.2 Å². The molecule has 1 saturated heterocycles. The summed E-state index contributed by atoms with van der Waals surface area (Å²) in [5.74, 6) is 0.519. The molecule has 158 valence electrons. The van der Waals surface area contributed by atoms with Gasteiger partial charge in [-0.3, -0.25) is 0 Å².